The van der Waals surface area contributed by atoms with Gasteiger partial charge in [-0.05, 0) is 58.5 Å². The summed E-state index contributed by atoms with van der Waals surface area (Å²) in [5, 5.41) is 1.41. The van der Waals surface area contributed by atoms with Crippen molar-refractivity contribution in [3.05, 3.63) is 58.2 Å². The zero-order chi connectivity index (χ0) is 13.9. The minimum atomic E-state index is 0.0765. The molecule has 104 valence electrons. The molecule has 0 radical (unpaired) electrons. The highest BCUT2D eigenvalue weighted by atomic mass is 79.9. The van der Waals surface area contributed by atoms with Crippen molar-refractivity contribution in [2.75, 3.05) is 0 Å². The lowest BCUT2D eigenvalue weighted by molar-refractivity contribution is 0.631. The van der Waals surface area contributed by atoms with E-state index in [0.717, 1.165) is 22.3 Å². The van der Waals surface area contributed by atoms with Gasteiger partial charge >= 0.3 is 0 Å². The van der Waals surface area contributed by atoms with E-state index in [1.807, 2.05) is 18.3 Å². The van der Waals surface area contributed by atoms with Crippen molar-refractivity contribution in [2.24, 2.45) is 5.73 Å². The van der Waals surface area contributed by atoms with Crippen molar-refractivity contribution in [2.45, 2.75) is 35.6 Å². The summed E-state index contributed by atoms with van der Waals surface area (Å²) in [6, 6.07) is 12.6. The van der Waals surface area contributed by atoms with E-state index in [2.05, 4.69) is 45.2 Å². The standard InChI is InChI=1S/C16H17BrN2S/c17-13-8-4-10-19-16(13)20-14-9-3-6-11-5-1-2-7-12(11)15(14)18/h1-2,4-5,7-8,10,14-15H,3,6,9,18H2. The molecule has 2 unspecified atom stereocenters. The Labute approximate surface area is 132 Å². The Bertz CT molecular complexity index is 603. The summed E-state index contributed by atoms with van der Waals surface area (Å²) in [6.07, 6.45) is 5.28. The quantitative estimate of drug-likeness (QED) is 0.820. The monoisotopic (exact) mass is 348 g/mol. The number of halogens is 1. The van der Waals surface area contributed by atoms with Crippen LogP contribution in [0.2, 0.25) is 0 Å². The molecule has 2 aromatic rings. The molecule has 1 aromatic heterocycles. The number of aryl methyl sites for hydroxylation is 1. The van der Waals surface area contributed by atoms with E-state index in [1.54, 1.807) is 11.8 Å². The van der Waals surface area contributed by atoms with Gasteiger partial charge < -0.3 is 5.73 Å². The van der Waals surface area contributed by atoms with Gasteiger partial charge in [0.25, 0.3) is 0 Å². The lowest BCUT2D eigenvalue weighted by atomic mass is 10.00. The van der Waals surface area contributed by atoms with E-state index >= 15 is 0 Å². The van der Waals surface area contributed by atoms with Crippen LogP contribution in [0, 0.1) is 0 Å². The molecule has 1 aromatic carbocycles. The molecular formula is C16H17BrN2S. The van der Waals surface area contributed by atoms with Gasteiger partial charge in [0.05, 0.1) is 0 Å². The molecule has 1 heterocycles. The first-order valence-electron chi connectivity index (χ1n) is 6.86. The van der Waals surface area contributed by atoms with E-state index < -0.39 is 0 Å². The van der Waals surface area contributed by atoms with Crippen molar-refractivity contribution < 1.29 is 0 Å². The fourth-order valence-corrected chi connectivity index (χ4v) is 4.40. The summed E-state index contributed by atoms with van der Waals surface area (Å²) in [4.78, 5) is 4.45. The molecule has 3 rings (SSSR count). The number of fused-ring (bicyclic) bond motifs is 1. The zero-order valence-electron chi connectivity index (χ0n) is 11.1. The normalized spacial score (nSPS) is 22.1. The number of aromatic nitrogens is 1. The molecule has 0 aliphatic heterocycles. The van der Waals surface area contributed by atoms with Gasteiger partial charge in [-0.3, -0.25) is 0 Å². The maximum atomic E-state index is 6.52. The van der Waals surface area contributed by atoms with Crippen LogP contribution in [0.5, 0.6) is 0 Å². The maximum Gasteiger partial charge on any atom is 0.110 e. The number of hydrogen-bond acceptors (Lipinski definition) is 3. The zero-order valence-corrected chi connectivity index (χ0v) is 13.5. The fourth-order valence-electron chi connectivity index (χ4n) is 2.69. The molecule has 0 bridgehead atoms. The predicted molar refractivity (Wildman–Crippen MR) is 87.9 cm³/mol. The Balaban J connectivity index is 1.86. The molecular weight excluding hydrogens is 332 g/mol. The van der Waals surface area contributed by atoms with Crippen LogP contribution in [0.3, 0.4) is 0 Å². The highest BCUT2D eigenvalue weighted by molar-refractivity contribution is 9.10. The van der Waals surface area contributed by atoms with Crippen LogP contribution in [0.4, 0.5) is 0 Å². The summed E-state index contributed by atoms with van der Waals surface area (Å²) in [5.41, 5.74) is 9.23. The van der Waals surface area contributed by atoms with Crippen molar-refractivity contribution in [1.29, 1.82) is 0 Å². The molecule has 2 atom stereocenters. The van der Waals surface area contributed by atoms with Crippen molar-refractivity contribution in [3.8, 4) is 0 Å². The molecule has 4 heteroatoms. The highest BCUT2D eigenvalue weighted by Gasteiger charge is 2.26. The number of pyridine rings is 1. The minimum Gasteiger partial charge on any atom is -0.323 e. The van der Waals surface area contributed by atoms with Gasteiger partial charge in [-0.25, -0.2) is 4.98 Å². The van der Waals surface area contributed by atoms with E-state index in [-0.39, 0.29) is 6.04 Å². The topological polar surface area (TPSA) is 38.9 Å². The number of nitrogens with zero attached hydrogens (tertiary/aromatic N) is 1. The third-order valence-electron chi connectivity index (χ3n) is 3.74. The van der Waals surface area contributed by atoms with E-state index in [4.69, 9.17) is 5.73 Å². The first-order valence-corrected chi connectivity index (χ1v) is 8.53. The Kier molecular flexibility index (Phi) is 4.44. The summed E-state index contributed by atoms with van der Waals surface area (Å²) in [7, 11) is 0. The summed E-state index contributed by atoms with van der Waals surface area (Å²) >= 11 is 5.36. The lowest BCUT2D eigenvalue weighted by Crippen LogP contribution is -2.23. The second-order valence-electron chi connectivity index (χ2n) is 5.06. The molecule has 2 N–H and O–H groups in total. The fraction of sp³-hybridized carbons (Fsp3) is 0.312. The summed E-state index contributed by atoms with van der Waals surface area (Å²) < 4.78 is 1.05. The molecule has 1 aliphatic rings. The second kappa shape index (κ2) is 6.29. The number of hydrogen-bond donors (Lipinski definition) is 1. The van der Waals surface area contributed by atoms with Gasteiger partial charge in [0.15, 0.2) is 0 Å². The first-order chi connectivity index (χ1) is 9.75. The smallest absolute Gasteiger partial charge is 0.110 e. The Morgan fingerprint density at radius 3 is 2.90 bits per heavy atom. The van der Waals surface area contributed by atoms with Crippen LogP contribution in [-0.4, -0.2) is 10.2 Å². The van der Waals surface area contributed by atoms with Crippen molar-refractivity contribution in [1.82, 2.24) is 4.98 Å². The summed E-state index contributed by atoms with van der Waals surface area (Å²) in [5.74, 6) is 0. The molecule has 0 amide bonds. The van der Waals surface area contributed by atoms with E-state index in [1.165, 1.54) is 17.5 Å². The van der Waals surface area contributed by atoms with Gasteiger partial charge in [-0.1, -0.05) is 36.0 Å². The van der Waals surface area contributed by atoms with Gasteiger partial charge in [-0.15, -0.1) is 0 Å². The van der Waals surface area contributed by atoms with Crippen LogP contribution < -0.4 is 5.73 Å². The lowest BCUT2D eigenvalue weighted by Gasteiger charge is -2.22. The summed E-state index contributed by atoms with van der Waals surface area (Å²) in [6.45, 7) is 0. The third-order valence-corrected chi connectivity index (χ3v) is 6.02. The maximum absolute atomic E-state index is 6.52. The Morgan fingerprint density at radius 2 is 2.05 bits per heavy atom. The van der Waals surface area contributed by atoms with Crippen LogP contribution in [0.15, 0.2) is 52.1 Å². The van der Waals surface area contributed by atoms with Crippen molar-refractivity contribution in [3.63, 3.8) is 0 Å². The molecule has 0 saturated carbocycles. The Morgan fingerprint density at radius 1 is 1.20 bits per heavy atom. The number of nitrogens with two attached hydrogens (primary N) is 1. The van der Waals surface area contributed by atoms with Gasteiger partial charge in [0.1, 0.15) is 5.03 Å². The molecule has 1 aliphatic carbocycles. The average Bonchev–Trinajstić information content (AvgIpc) is 2.62. The second-order valence-corrected chi connectivity index (χ2v) is 7.15. The average molecular weight is 349 g/mol. The first kappa shape index (κ1) is 14.1. The molecule has 0 spiro atoms. The van der Waals surface area contributed by atoms with Crippen LogP contribution in [0.1, 0.15) is 30.0 Å². The minimum absolute atomic E-state index is 0.0765. The van der Waals surface area contributed by atoms with Crippen LogP contribution in [0.25, 0.3) is 0 Å². The molecule has 20 heavy (non-hydrogen) atoms. The van der Waals surface area contributed by atoms with E-state index in [9.17, 15) is 0 Å². The third kappa shape index (κ3) is 2.92. The van der Waals surface area contributed by atoms with Gasteiger partial charge in [0, 0.05) is 22.0 Å². The van der Waals surface area contributed by atoms with Gasteiger partial charge in [0.2, 0.25) is 0 Å². The highest BCUT2D eigenvalue weighted by Crippen LogP contribution is 2.39. The van der Waals surface area contributed by atoms with Gasteiger partial charge in [-0.2, -0.15) is 0 Å². The molecule has 0 saturated heterocycles. The largest absolute Gasteiger partial charge is 0.323 e. The molecule has 0 fully saturated rings. The van der Waals surface area contributed by atoms with Crippen LogP contribution in [-0.2, 0) is 6.42 Å². The Hall–Kier alpha value is -0.840. The number of thioether (sulfide) groups is 1. The number of rotatable bonds is 2. The number of benzene rings is 1. The van der Waals surface area contributed by atoms with Crippen LogP contribution >= 0.6 is 27.7 Å². The van der Waals surface area contributed by atoms with Crippen molar-refractivity contribution >= 4 is 27.7 Å². The molecule has 2 nitrogen and oxygen atoms in total. The van der Waals surface area contributed by atoms with E-state index in [0.29, 0.717) is 5.25 Å². The predicted octanol–water partition coefficient (Wildman–Crippen LogP) is 4.34. The SMILES string of the molecule is NC1c2ccccc2CCCC1Sc1ncccc1Br.